The summed E-state index contributed by atoms with van der Waals surface area (Å²) in [7, 11) is 1.62. The van der Waals surface area contributed by atoms with Gasteiger partial charge in [0.15, 0.2) is 0 Å². The quantitative estimate of drug-likeness (QED) is 0.847. The Balaban J connectivity index is 2.49. The molecule has 0 N–H and O–H groups in total. The summed E-state index contributed by atoms with van der Waals surface area (Å²) in [6.45, 7) is 0. The first-order valence-corrected chi connectivity index (χ1v) is 5.43. The van der Waals surface area contributed by atoms with E-state index in [4.69, 9.17) is 16.3 Å². The zero-order valence-electron chi connectivity index (χ0n) is 7.95. The molecule has 0 bridgehead atoms. The van der Waals surface area contributed by atoms with Crippen molar-refractivity contribution < 1.29 is 4.74 Å². The summed E-state index contributed by atoms with van der Waals surface area (Å²) < 4.78 is 7.53. The minimum Gasteiger partial charge on any atom is -0.497 e. The van der Waals surface area contributed by atoms with Gasteiger partial charge in [-0.25, -0.2) is 4.68 Å². The maximum absolute atomic E-state index is 6.05. The first-order valence-electron chi connectivity index (χ1n) is 4.26. The molecule has 0 saturated heterocycles. The van der Waals surface area contributed by atoms with Crippen molar-refractivity contribution in [3.05, 3.63) is 40.1 Å². The van der Waals surface area contributed by atoms with Gasteiger partial charge >= 0.3 is 0 Å². The van der Waals surface area contributed by atoms with Gasteiger partial charge in [-0.1, -0.05) is 17.7 Å². The van der Waals surface area contributed by atoms with Gasteiger partial charge in [0.05, 0.1) is 23.5 Å². The Morgan fingerprint density at radius 2 is 2.27 bits per heavy atom. The number of benzene rings is 1. The standard InChI is InChI=1S/C10H8BrClN2O/c1-15-8-4-2-3-7(5-8)14-10(12)9(11)6-13-14/h2-6H,1H3. The van der Waals surface area contributed by atoms with Crippen molar-refractivity contribution in [1.29, 1.82) is 0 Å². The molecular weight excluding hydrogens is 279 g/mol. The third-order valence-electron chi connectivity index (χ3n) is 1.97. The summed E-state index contributed by atoms with van der Waals surface area (Å²) in [6, 6.07) is 7.54. The monoisotopic (exact) mass is 286 g/mol. The summed E-state index contributed by atoms with van der Waals surface area (Å²) in [5, 5.41) is 4.69. The van der Waals surface area contributed by atoms with Gasteiger partial charge in [-0.15, -0.1) is 0 Å². The summed E-state index contributed by atoms with van der Waals surface area (Å²) in [6.07, 6.45) is 1.65. The van der Waals surface area contributed by atoms with Crippen LogP contribution in [0, 0.1) is 0 Å². The van der Waals surface area contributed by atoms with Crippen molar-refractivity contribution in [1.82, 2.24) is 9.78 Å². The van der Waals surface area contributed by atoms with Gasteiger partial charge in [0.25, 0.3) is 0 Å². The molecular formula is C10H8BrClN2O. The number of aromatic nitrogens is 2. The highest BCUT2D eigenvalue weighted by atomic mass is 79.9. The molecule has 0 atom stereocenters. The van der Waals surface area contributed by atoms with Gasteiger partial charge in [0, 0.05) is 6.07 Å². The van der Waals surface area contributed by atoms with Crippen LogP contribution in [-0.2, 0) is 0 Å². The van der Waals surface area contributed by atoms with Crippen LogP contribution in [0.15, 0.2) is 34.9 Å². The SMILES string of the molecule is COc1cccc(-n2ncc(Br)c2Cl)c1. The lowest BCUT2D eigenvalue weighted by Gasteiger charge is -2.05. The van der Waals surface area contributed by atoms with E-state index in [1.807, 2.05) is 24.3 Å². The Labute approximate surface area is 101 Å². The summed E-state index contributed by atoms with van der Waals surface area (Å²) in [5.74, 6) is 0.773. The molecule has 1 aromatic heterocycles. The zero-order valence-corrected chi connectivity index (χ0v) is 10.3. The Morgan fingerprint density at radius 3 is 2.87 bits per heavy atom. The molecule has 0 spiro atoms. The molecule has 2 aromatic rings. The van der Waals surface area contributed by atoms with Gasteiger partial charge < -0.3 is 4.74 Å². The van der Waals surface area contributed by atoms with Crippen LogP contribution < -0.4 is 4.74 Å². The first kappa shape index (κ1) is 10.5. The summed E-state index contributed by atoms with van der Waals surface area (Å²) in [5.41, 5.74) is 0.866. The minimum absolute atomic E-state index is 0.545. The van der Waals surface area contributed by atoms with E-state index in [9.17, 15) is 0 Å². The van der Waals surface area contributed by atoms with Crippen molar-refractivity contribution in [3.8, 4) is 11.4 Å². The molecule has 1 aromatic carbocycles. The predicted octanol–water partition coefficient (Wildman–Crippen LogP) is 3.30. The van der Waals surface area contributed by atoms with Gasteiger partial charge in [-0.05, 0) is 28.1 Å². The molecule has 0 aliphatic rings. The van der Waals surface area contributed by atoms with Crippen molar-refractivity contribution in [3.63, 3.8) is 0 Å². The third kappa shape index (κ3) is 2.01. The first-order chi connectivity index (χ1) is 7.22. The Kier molecular flexibility index (Phi) is 2.98. The molecule has 15 heavy (non-hydrogen) atoms. The van der Waals surface area contributed by atoms with Crippen LogP contribution in [-0.4, -0.2) is 16.9 Å². The van der Waals surface area contributed by atoms with Crippen LogP contribution in [0.3, 0.4) is 0 Å². The molecule has 0 unspecified atom stereocenters. The minimum atomic E-state index is 0.545. The molecule has 0 amide bonds. The maximum atomic E-state index is 6.05. The molecule has 0 fully saturated rings. The lowest BCUT2D eigenvalue weighted by Crippen LogP contribution is -1.96. The van der Waals surface area contributed by atoms with Crippen LogP contribution in [0.5, 0.6) is 5.75 Å². The van der Waals surface area contributed by atoms with Crippen LogP contribution in [0.25, 0.3) is 5.69 Å². The van der Waals surface area contributed by atoms with E-state index in [0.717, 1.165) is 15.9 Å². The molecule has 78 valence electrons. The number of rotatable bonds is 2. The predicted molar refractivity (Wildman–Crippen MR) is 62.8 cm³/mol. The highest BCUT2D eigenvalue weighted by molar-refractivity contribution is 9.10. The van der Waals surface area contributed by atoms with E-state index in [0.29, 0.717) is 5.15 Å². The Hall–Kier alpha value is -1.000. The second-order valence-corrected chi connectivity index (χ2v) is 4.11. The number of hydrogen-bond acceptors (Lipinski definition) is 2. The molecule has 0 saturated carbocycles. The smallest absolute Gasteiger partial charge is 0.147 e. The van der Waals surface area contributed by atoms with Crippen LogP contribution >= 0.6 is 27.5 Å². The van der Waals surface area contributed by atoms with Crippen molar-refractivity contribution in [2.45, 2.75) is 0 Å². The van der Waals surface area contributed by atoms with Gasteiger partial charge in [-0.3, -0.25) is 0 Å². The van der Waals surface area contributed by atoms with E-state index in [-0.39, 0.29) is 0 Å². The lowest BCUT2D eigenvalue weighted by atomic mass is 10.3. The maximum Gasteiger partial charge on any atom is 0.147 e. The molecule has 1 heterocycles. The number of nitrogens with zero attached hydrogens (tertiary/aromatic N) is 2. The average Bonchev–Trinajstić information content (AvgIpc) is 2.60. The summed E-state index contributed by atoms with van der Waals surface area (Å²) in [4.78, 5) is 0. The lowest BCUT2D eigenvalue weighted by molar-refractivity contribution is 0.414. The molecule has 2 rings (SSSR count). The number of methoxy groups -OCH3 is 1. The Morgan fingerprint density at radius 1 is 1.47 bits per heavy atom. The van der Waals surface area contributed by atoms with E-state index in [1.54, 1.807) is 18.0 Å². The van der Waals surface area contributed by atoms with E-state index in [1.165, 1.54) is 0 Å². The van der Waals surface area contributed by atoms with Crippen LogP contribution in [0.4, 0.5) is 0 Å². The van der Waals surface area contributed by atoms with Crippen LogP contribution in [0.1, 0.15) is 0 Å². The topological polar surface area (TPSA) is 27.1 Å². The van der Waals surface area contributed by atoms with Crippen LogP contribution in [0.2, 0.25) is 5.15 Å². The van der Waals surface area contributed by atoms with Crippen molar-refractivity contribution in [2.24, 2.45) is 0 Å². The third-order valence-corrected chi connectivity index (χ3v) is 3.14. The normalized spacial score (nSPS) is 10.3. The average molecular weight is 288 g/mol. The molecule has 3 nitrogen and oxygen atoms in total. The fraction of sp³-hybridized carbons (Fsp3) is 0.100. The van der Waals surface area contributed by atoms with Crippen molar-refractivity contribution in [2.75, 3.05) is 7.11 Å². The second-order valence-electron chi connectivity index (χ2n) is 2.90. The molecule has 0 radical (unpaired) electrons. The van der Waals surface area contributed by atoms with E-state index < -0.39 is 0 Å². The van der Waals surface area contributed by atoms with Gasteiger partial charge in [0.2, 0.25) is 0 Å². The summed E-state index contributed by atoms with van der Waals surface area (Å²) >= 11 is 9.35. The largest absolute Gasteiger partial charge is 0.497 e. The van der Waals surface area contributed by atoms with Gasteiger partial charge in [-0.2, -0.15) is 5.10 Å². The van der Waals surface area contributed by atoms with E-state index >= 15 is 0 Å². The highest BCUT2D eigenvalue weighted by Crippen LogP contribution is 2.25. The zero-order chi connectivity index (χ0) is 10.8. The molecule has 0 aliphatic heterocycles. The van der Waals surface area contributed by atoms with Crippen molar-refractivity contribution >= 4 is 27.5 Å². The fourth-order valence-corrected chi connectivity index (χ4v) is 1.69. The van der Waals surface area contributed by atoms with Gasteiger partial charge in [0.1, 0.15) is 10.9 Å². The number of hydrogen-bond donors (Lipinski definition) is 0. The molecule has 5 heteroatoms. The number of halogens is 2. The fourth-order valence-electron chi connectivity index (χ4n) is 1.24. The van der Waals surface area contributed by atoms with E-state index in [2.05, 4.69) is 21.0 Å². The number of ether oxygens (including phenoxy) is 1. The molecule has 0 aliphatic carbocycles. The second kappa shape index (κ2) is 4.24. The highest BCUT2D eigenvalue weighted by Gasteiger charge is 2.07. The Bertz CT molecular complexity index is 484.